The van der Waals surface area contributed by atoms with Crippen LogP contribution in [0.15, 0.2) is 47.8 Å². The van der Waals surface area contributed by atoms with Gasteiger partial charge in [0.2, 0.25) is 0 Å². The number of hydrogen-bond acceptors (Lipinski definition) is 5. The van der Waals surface area contributed by atoms with Crippen molar-refractivity contribution in [3.63, 3.8) is 0 Å². The van der Waals surface area contributed by atoms with Crippen molar-refractivity contribution in [2.75, 3.05) is 19.5 Å². The van der Waals surface area contributed by atoms with Crippen LogP contribution < -0.4 is 10.1 Å². The Morgan fingerprint density at radius 3 is 2.32 bits per heavy atom. The van der Waals surface area contributed by atoms with Gasteiger partial charge in [-0.05, 0) is 35.9 Å². The number of esters is 1. The largest absolute Gasteiger partial charge is 0.497 e. The van der Waals surface area contributed by atoms with Crippen molar-refractivity contribution in [3.05, 3.63) is 69.0 Å². The van der Waals surface area contributed by atoms with Gasteiger partial charge < -0.3 is 14.8 Å². The normalized spacial score (nSPS) is 10.4. The number of halogens is 2. The van der Waals surface area contributed by atoms with Crippen molar-refractivity contribution in [2.45, 2.75) is 0 Å². The third kappa shape index (κ3) is 4.14. The Bertz CT molecular complexity index is 1030. The predicted molar refractivity (Wildman–Crippen MR) is 112 cm³/mol. The SMILES string of the molecule is COC(=O)c1c(-c2ccc(OC)cc2)csc1NC(=O)c1ccc(Cl)c(Cl)c1. The fraction of sp³-hybridized carbons (Fsp3) is 0.100. The Labute approximate surface area is 175 Å². The second-order valence-electron chi connectivity index (χ2n) is 5.66. The molecule has 0 aliphatic heterocycles. The number of carbonyl (C=O) groups excluding carboxylic acids is 2. The number of methoxy groups -OCH3 is 2. The molecule has 0 saturated heterocycles. The Balaban J connectivity index is 1.96. The van der Waals surface area contributed by atoms with Crippen molar-refractivity contribution in [2.24, 2.45) is 0 Å². The van der Waals surface area contributed by atoms with Crippen LogP contribution in [0.4, 0.5) is 5.00 Å². The predicted octanol–water partition coefficient (Wildman–Crippen LogP) is 5.77. The Kier molecular flexibility index (Phi) is 6.24. The number of anilines is 1. The van der Waals surface area contributed by atoms with Gasteiger partial charge in [-0.15, -0.1) is 11.3 Å². The van der Waals surface area contributed by atoms with Crippen LogP contribution in [0, 0.1) is 0 Å². The van der Waals surface area contributed by atoms with Gasteiger partial charge in [-0.2, -0.15) is 0 Å². The highest BCUT2D eigenvalue weighted by Gasteiger charge is 2.23. The lowest BCUT2D eigenvalue weighted by atomic mass is 10.0. The maximum atomic E-state index is 12.6. The molecule has 0 atom stereocenters. The van der Waals surface area contributed by atoms with Gasteiger partial charge in [-0.3, -0.25) is 4.79 Å². The highest BCUT2D eigenvalue weighted by Crippen LogP contribution is 2.37. The summed E-state index contributed by atoms with van der Waals surface area (Å²) in [5, 5.41) is 5.55. The van der Waals surface area contributed by atoms with Crippen LogP contribution >= 0.6 is 34.5 Å². The van der Waals surface area contributed by atoms with E-state index in [1.807, 2.05) is 12.1 Å². The number of benzene rings is 2. The first kappa shape index (κ1) is 20.2. The molecule has 0 bridgehead atoms. The summed E-state index contributed by atoms with van der Waals surface area (Å²) >= 11 is 13.1. The van der Waals surface area contributed by atoms with Crippen LogP contribution in [-0.2, 0) is 4.74 Å². The first-order chi connectivity index (χ1) is 13.4. The van der Waals surface area contributed by atoms with Gasteiger partial charge in [0.25, 0.3) is 5.91 Å². The minimum atomic E-state index is -0.545. The van der Waals surface area contributed by atoms with Gasteiger partial charge in [0, 0.05) is 16.5 Å². The lowest BCUT2D eigenvalue weighted by Crippen LogP contribution is -2.14. The highest BCUT2D eigenvalue weighted by molar-refractivity contribution is 7.15. The lowest BCUT2D eigenvalue weighted by molar-refractivity contribution is 0.0603. The van der Waals surface area contributed by atoms with E-state index in [1.165, 1.54) is 30.6 Å². The Hall–Kier alpha value is -2.54. The molecule has 1 amide bonds. The van der Waals surface area contributed by atoms with Crippen molar-refractivity contribution >= 4 is 51.4 Å². The van der Waals surface area contributed by atoms with E-state index in [1.54, 1.807) is 30.7 Å². The van der Waals surface area contributed by atoms with Crippen molar-refractivity contribution < 1.29 is 19.1 Å². The average molecular weight is 436 g/mol. The molecule has 0 radical (unpaired) electrons. The zero-order chi connectivity index (χ0) is 20.3. The summed E-state index contributed by atoms with van der Waals surface area (Å²) in [6.45, 7) is 0. The quantitative estimate of drug-likeness (QED) is 0.516. The van der Waals surface area contributed by atoms with Crippen LogP contribution in [-0.4, -0.2) is 26.1 Å². The molecule has 3 rings (SSSR count). The third-order valence-electron chi connectivity index (χ3n) is 3.99. The Morgan fingerprint density at radius 2 is 1.71 bits per heavy atom. The molecule has 1 aromatic heterocycles. The summed E-state index contributed by atoms with van der Waals surface area (Å²) in [6.07, 6.45) is 0. The average Bonchev–Trinajstić information content (AvgIpc) is 3.12. The molecule has 0 saturated carbocycles. The van der Waals surface area contributed by atoms with E-state index >= 15 is 0 Å². The first-order valence-electron chi connectivity index (χ1n) is 8.05. The van der Waals surface area contributed by atoms with E-state index < -0.39 is 11.9 Å². The number of amides is 1. The molecule has 5 nitrogen and oxygen atoms in total. The van der Waals surface area contributed by atoms with Crippen LogP contribution in [0.25, 0.3) is 11.1 Å². The molecule has 3 aromatic rings. The van der Waals surface area contributed by atoms with Crippen LogP contribution in [0.3, 0.4) is 0 Å². The molecule has 0 spiro atoms. The summed E-state index contributed by atoms with van der Waals surface area (Å²) in [5.74, 6) is -0.255. The lowest BCUT2D eigenvalue weighted by Gasteiger charge is -2.09. The number of carbonyl (C=O) groups is 2. The van der Waals surface area contributed by atoms with E-state index in [9.17, 15) is 9.59 Å². The van der Waals surface area contributed by atoms with E-state index in [0.29, 0.717) is 26.9 Å². The maximum Gasteiger partial charge on any atom is 0.341 e. The number of ether oxygens (including phenoxy) is 2. The molecule has 144 valence electrons. The molecule has 1 heterocycles. The second kappa shape index (κ2) is 8.65. The van der Waals surface area contributed by atoms with E-state index in [0.717, 1.165) is 5.56 Å². The first-order valence-corrected chi connectivity index (χ1v) is 9.68. The molecule has 0 unspecified atom stereocenters. The van der Waals surface area contributed by atoms with Crippen molar-refractivity contribution in [3.8, 4) is 16.9 Å². The fourth-order valence-corrected chi connectivity index (χ4v) is 3.80. The Morgan fingerprint density at radius 1 is 1.00 bits per heavy atom. The molecule has 1 N–H and O–H groups in total. The van der Waals surface area contributed by atoms with Gasteiger partial charge in [-0.1, -0.05) is 35.3 Å². The minimum Gasteiger partial charge on any atom is -0.497 e. The van der Waals surface area contributed by atoms with Crippen LogP contribution in [0.5, 0.6) is 5.75 Å². The summed E-state index contributed by atoms with van der Waals surface area (Å²) in [7, 11) is 2.87. The molecule has 8 heteroatoms. The molecular weight excluding hydrogens is 421 g/mol. The number of nitrogens with one attached hydrogen (secondary N) is 1. The topological polar surface area (TPSA) is 64.6 Å². The number of rotatable bonds is 5. The highest BCUT2D eigenvalue weighted by atomic mass is 35.5. The summed E-state index contributed by atoms with van der Waals surface area (Å²) in [5.41, 5.74) is 2.06. The fourth-order valence-electron chi connectivity index (χ4n) is 2.55. The van der Waals surface area contributed by atoms with Crippen LogP contribution in [0.1, 0.15) is 20.7 Å². The van der Waals surface area contributed by atoms with Gasteiger partial charge in [-0.25, -0.2) is 4.79 Å². The van der Waals surface area contributed by atoms with Gasteiger partial charge in [0.15, 0.2) is 0 Å². The maximum absolute atomic E-state index is 12.6. The smallest absolute Gasteiger partial charge is 0.341 e. The van der Waals surface area contributed by atoms with E-state index in [4.69, 9.17) is 32.7 Å². The summed E-state index contributed by atoms with van der Waals surface area (Å²) in [4.78, 5) is 25.0. The van der Waals surface area contributed by atoms with Gasteiger partial charge in [0.1, 0.15) is 16.3 Å². The zero-order valence-corrected chi connectivity index (χ0v) is 17.2. The molecule has 0 aliphatic carbocycles. The minimum absolute atomic E-state index is 0.271. The molecular formula is C20H15Cl2NO4S. The molecule has 28 heavy (non-hydrogen) atoms. The van der Waals surface area contributed by atoms with Crippen LogP contribution in [0.2, 0.25) is 10.0 Å². The standard InChI is InChI=1S/C20H15Cl2NO4S/c1-26-13-6-3-11(4-7-13)14-10-28-19(17(14)20(25)27-2)23-18(24)12-5-8-15(21)16(22)9-12/h3-10H,1-2H3,(H,23,24). The summed E-state index contributed by atoms with van der Waals surface area (Å²) in [6, 6.07) is 11.8. The number of thiophene rings is 1. The van der Waals surface area contributed by atoms with Crippen molar-refractivity contribution in [1.82, 2.24) is 0 Å². The zero-order valence-electron chi connectivity index (χ0n) is 14.9. The molecule has 2 aromatic carbocycles. The third-order valence-corrected chi connectivity index (χ3v) is 5.62. The molecule has 0 aliphatic rings. The number of hydrogen-bond donors (Lipinski definition) is 1. The summed E-state index contributed by atoms with van der Waals surface area (Å²) < 4.78 is 10.1. The van der Waals surface area contributed by atoms with Crippen molar-refractivity contribution in [1.29, 1.82) is 0 Å². The van der Waals surface area contributed by atoms with Gasteiger partial charge in [0.05, 0.1) is 24.3 Å². The molecule has 0 fully saturated rings. The monoisotopic (exact) mass is 435 g/mol. The second-order valence-corrected chi connectivity index (χ2v) is 7.35. The van der Waals surface area contributed by atoms with E-state index in [-0.39, 0.29) is 10.6 Å². The van der Waals surface area contributed by atoms with E-state index in [2.05, 4.69) is 5.32 Å². The van der Waals surface area contributed by atoms with Gasteiger partial charge >= 0.3 is 5.97 Å².